The van der Waals surface area contributed by atoms with Crippen LogP contribution in [-0.2, 0) is 9.84 Å². The maximum atomic E-state index is 12.0. The summed E-state index contributed by atoms with van der Waals surface area (Å²) < 4.78 is 24.1. The van der Waals surface area contributed by atoms with Gasteiger partial charge in [0.05, 0.1) is 17.1 Å². The van der Waals surface area contributed by atoms with E-state index < -0.39 is 21.2 Å². The Kier molecular flexibility index (Phi) is 3.78. The van der Waals surface area contributed by atoms with Crippen LogP contribution < -0.4 is 0 Å². The van der Waals surface area contributed by atoms with Crippen molar-refractivity contribution >= 4 is 9.84 Å². The molecule has 1 heterocycles. The minimum atomic E-state index is -3.15. The molecule has 0 saturated carbocycles. The van der Waals surface area contributed by atoms with Gasteiger partial charge in [0.15, 0.2) is 9.84 Å². The van der Waals surface area contributed by atoms with E-state index in [0.29, 0.717) is 6.42 Å². The highest BCUT2D eigenvalue weighted by Crippen LogP contribution is 2.32. The van der Waals surface area contributed by atoms with E-state index in [4.69, 9.17) is 0 Å². The number of hydrogen-bond donors (Lipinski definition) is 1. The molecule has 1 aromatic rings. The second-order valence-corrected chi connectivity index (χ2v) is 7.47. The molecule has 100 valence electrons. The van der Waals surface area contributed by atoms with Gasteiger partial charge in [-0.1, -0.05) is 24.6 Å². The first-order valence-corrected chi connectivity index (χ1v) is 8.11. The monoisotopic (exact) mass is 268 g/mol. The Hall–Kier alpha value is -0.870. The molecule has 1 aliphatic rings. The number of aliphatic hydroxyl groups is 1. The average Bonchev–Trinajstić information content (AvgIpc) is 2.31. The van der Waals surface area contributed by atoms with Crippen molar-refractivity contribution in [3.05, 3.63) is 34.9 Å². The number of benzene rings is 1. The Morgan fingerprint density at radius 3 is 2.67 bits per heavy atom. The van der Waals surface area contributed by atoms with Crippen LogP contribution in [0.4, 0.5) is 0 Å². The molecule has 0 radical (unpaired) electrons. The molecule has 1 aliphatic heterocycles. The van der Waals surface area contributed by atoms with Crippen LogP contribution in [0, 0.1) is 13.8 Å². The van der Waals surface area contributed by atoms with Gasteiger partial charge in [-0.25, -0.2) is 8.42 Å². The summed E-state index contributed by atoms with van der Waals surface area (Å²) in [5, 5.41) is 9.77. The van der Waals surface area contributed by atoms with Crippen molar-refractivity contribution < 1.29 is 13.5 Å². The number of hydrogen-bond acceptors (Lipinski definition) is 3. The summed E-state index contributed by atoms with van der Waals surface area (Å²) in [6.07, 6.45) is 1.27. The lowest BCUT2D eigenvalue weighted by atomic mass is 9.95. The van der Waals surface area contributed by atoms with Crippen LogP contribution in [0.1, 0.15) is 42.1 Å². The zero-order chi connectivity index (χ0) is 13.3. The molecule has 0 aromatic heterocycles. The van der Waals surface area contributed by atoms with Crippen LogP contribution in [0.25, 0.3) is 0 Å². The maximum absolute atomic E-state index is 12.0. The molecule has 18 heavy (non-hydrogen) atoms. The maximum Gasteiger partial charge on any atom is 0.156 e. The number of aryl methyl sites for hydroxylation is 1. The minimum Gasteiger partial charge on any atom is -0.387 e. The van der Waals surface area contributed by atoms with E-state index in [-0.39, 0.29) is 5.75 Å². The average molecular weight is 268 g/mol. The highest BCUT2D eigenvalue weighted by molar-refractivity contribution is 7.92. The molecule has 3 nitrogen and oxygen atoms in total. The third-order valence-corrected chi connectivity index (χ3v) is 6.22. The third-order valence-electron chi connectivity index (χ3n) is 3.95. The predicted molar refractivity (Wildman–Crippen MR) is 72.3 cm³/mol. The molecule has 2 rings (SSSR count). The standard InChI is InChI=1S/C14H20O3S/c1-10-6-5-7-12(11(10)2)14(15)13-8-3-4-9-18(13,16)17/h5-7,13-15H,3-4,8-9H2,1-2H3. The smallest absolute Gasteiger partial charge is 0.156 e. The molecule has 1 fully saturated rings. The fraction of sp³-hybridized carbons (Fsp3) is 0.571. The van der Waals surface area contributed by atoms with Crippen molar-refractivity contribution in [2.24, 2.45) is 0 Å². The van der Waals surface area contributed by atoms with E-state index in [1.165, 1.54) is 0 Å². The first kappa shape index (κ1) is 13.6. The van der Waals surface area contributed by atoms with Crippen LogP contribution in [0.2, 0.25) is 0 Å². The molecule has 0 aliphatic carbocycles. The highest BCUT2D eigenvalue weighted by Gasteiger charge is 2.35. The van der Waals surface area contributed by atoms with Crippen LogP contribution in [0.3, 0.4) is 0 Å². The Balaban J connectivity index is 2.36. The van der Waals surface area contributed by atoms with Crippen LogP contribution in [-0.4, -0.2) is 24.5 Å². The normalized spacial score (nSPS) is 24.7. The summed E-state index contributed by atoms with van der Waals surface area (Å²) >= 11 is 0. The molecular weight excluding hydrogens is 248 g/mol. The van der Waals surface area contributed by atoms with Crippen LogP contribution >= 0.6 is 0 Å². The molecule has 0 bridgehead atoms. The van der Waals surface area contributed by atoms with E-state index in [1.807, 2.05) is 32.0 Å². The topological polar surface area (TPSA) is 54.4 Å². The number of aliphatic hydroxyl groups excluding tert-OH is 1. The van der Waals surface area contributed by atoms with Gasteiger partial charge in [-0.15, -0.1) is 0 Å². The SMILES string of the molecule is Cc1cccc(C(O)C2CCCCS2(=O)=O)c1C. The van der Waals surface area contributed by atoms with E-state index >= 15 is 0 Å². The first-order chi connectivity index (χ1) is 8.43. The van der Waals surface area contributed by atoms with E-state index in [2.05, 4.69) is 0 Å². The van der Waals surface area contributed by atoms with Gasteiger partial charge in [-0.3, -0.25) is 0 Å². The van der Waals surface area contributed by atoms with E-state index in [9.17, 15) is 13.5 Å². The summed E-state index contributed by atoms with van der Waals surface area (Å²) in [7, 11) is -3.15. The quantitative estimate of drug-likeness (QED) is 0.895. The largest absolute Gasteiger partial charge is 0.387 e. The minimum absolute atomic E-state index is 0.208. The van der Waals surface area contributed by atoms with Crippen molar-refractivity contribution in [3.63, 3.8) is 0 Å². The zero-order valence-corrected chi connectivity index (χ0v) is 11.7. The fourth-order valence-electron chi connectivity index (χ4n) is 2.63. The van der Waals surface area contributed by atoms with Crippen molar-refractivity contribution in [2.75, 3.05) is 5.75 Å². The van der Waals surface area contributed by atoms with Crippen molar-refractivity contribution in [3.8, 4) is 0 Å². The van der Waals surface area contributed by atoms with E-state index in [1.54, 1.807) is 0 Å². The zero-order valence-electron chi connectivity index (χ0n) is 10.9. The third kappa shape index (κ3) is 2.45. The second-order valence-electron chi connectivity index (χ2n) is 5.14. The Morgan fingerprint density at radius 1 is 1.28 bits per heavy atom. The molecule has 4 heteroatoms. The summed E-state index contributed by atoms with van der Waals surface area (Å²) in [4.78, 5) is 0. The molecular formula is C14H20O3S. The van der Waals surface area contributed by atoms with Gasteiger partial charge in [0, 0.05) is 0 Å². The predicted octanol–water partition coefficient (Wildman–Crippen LogP) is 2.30. The van der Waals surface area contributed by atoms with E-state index in [0.717, 1.165) is 29.5 Å². The molecule has 1 N–H and O–H groups in total. The summed E-state index contributed by atoms with van der Waals surface area (Å²) in [6.45, 7) is 3.91. The molecule has 0 amide bonds. The van der Waals surface area contributed by atoms with Crippen molar-refractivity contribution in [1.29, 1.82) is 0 Å². The van der Waals surface area contributed by atoms with Gasteiger partial charge in [0.2, 0.25) is 0 Å². The van der Waals surface area contributed by atoms with Gasteiger partial charge in [-0.05, 0) is 43.4 Å². The number of sulfone groups is 1. The number of rotatable bonds is 2. The summed E-state index contributed by atoms with van der Waals surface area (Å²) in [5.41, 5.74) is 2.83. The summed E-state index contributed by atoms with van der Waals surface area (Å²) in [6, 6.07) is 5.67. The van der Waals surface area contributed by atoms with Crippen molar-refractivity contribution in [1.82, 2.24) is 0 Å². The highest BCUT2D eigenvalue weighted by atomic mass is 32.2. The molecule has 2 atom stereocenters. The molecule has 1 aromatic carbocycles. The lowest BCUT2D eigenvalue weighted by Gasteiger charge is -2.28. The molecule has 1 saturated heterocycles. The Morgan fingerprint density at radius 2 is 2.00 bits per heavy atom. The molecule has 0 spiro atoms. The van der Waals surface area contributed by atoms with Gasteiger partial charge in [-0.2, -0.15) is 0 Å². The molecule has 2 unspecified atom stereocenters. The van der Waals surface area contributed by atoms with Crippen LogP contribution in [0.15, 0.2) is 18.2 Å². The van der Waals surface area contributed by atoms with Gasteiger partial charge >= 0.3 is 0 Å². The second kappa shape index (κ2) is 5.02. The van der Waals surface area contributed by atoms with Gasteiger partial charge in [0.1, 0.15) is 0 Å². The van der Waals surface area contributed by atoms with Crippen molar-refractivity contribution in [2.45, 2.75) is 44.5 Å². The lowest BCUT2D eigenvalue weighted by Crippen LogP contribution is -2.34. The lowest BCUT2D eigenvalue weighted by molar-refractivity contribution is 0.163. The summed E-state index contributed by atoms with van der Waals surface area (Å²) in [5.74, 6) is 0.208. The van der Waals surface area contributed by atoms with Gasteiger partial charge < -0.3 is 5.11 Å². The first-order valence-electron chi connectivity index (χ1n) is 6.39. The van der Waals surface area contributed by atoms with Gasteiger partial charge in [0.25, 0.3) is 0 Å². The fourth-order valence-corrected chi connectivity index (χ4v) is 4.60. The Bertz CT molecular complexity index is 534. The van der Waals surface area contributed by atoms with Crippen LogP contribution in [0.5, 0.6) is 0 Å². The Labute approximate surface area is 109 Å².